The summed E-state index contributed by atoms with van der Waals surface area (Å²) in [5.41, 5.74) is 5.20. The average Bonchev–Trinajstić information content (AvgIpc) is 2.95. The van der Waals surface area contributed by atoms with Gasteiger partial charge in [-0.05, 0) is 61.2 Å². The van der Waals surface area contributed by atoms with Crippen molar-refractivity contribution in [2.75, 3.05) is 11.6 Å². The van der Waals surface area contributed by atoms with Crippen molar-refractivity contribution in [3.8, 4) is 5.69 Å². The molecule has 1 heterocycles. The minimum absolute atomic E-state index is 0.0382. The van der Waals surface area contributed by atoms with Gasteiger partial charge in [-0.15, -0.1) is 0 Å². The molecule has 1 N–H and O–H groups in total. The summed E-state index contributed by atoms with van der Waals surface area (Å²) in [7, 11) is -3.27. The number of amides is 1. The third-order valence-electron chi connectivity index (χ3n) is 5.17. The summed E-state index contributed by atoms with van der Waals surface area (Å²) in [6.07, 6.45) is 1.16. The number of hydrogen-bond donors (Lipinski definition) is 1. The van der Waals surface area contributed by atoms with E-state index in [2.05, 4.69) is 42.8 Å². The zero-order chi connectivity index (χ0) is 22.3. The molecule has 5 nitrogen and oxygen atoms in total. The fourth-order valence-corrected chi connectivity index (χ4v) is 4.28. The first-order valence-corrected chi connectivity index (χ1v) is 11.7. The van der Waals surface area contributed by atoms with E-state index in [1.807, 2.05) is 32.0 Å². The van der Waals surface area contributed by atoms with Crippen LogP contribution in [0, 0.1) is 13.8 Å². The quantitative estimate of drug-likeness (QED) is 0.637. The van der Waals surface area contributed by atoms with E-state index in [0.717, 1.165) is 23.3 Å². The first kappa shape index (κ1) is 21.8. The predicted molar refractivity (Wildman–Crippen MR) is 121 cm³/mol. The lowest BCUT2D eigenvalue weighted by Crippen LogP contribution is -2.17. The lowest BCUT2D eigenvalue weighted by molar-refractivity contribution is 0.102. The number of carbonyl (C=O) groups excluding carboxylic acids is 1. The fraction of sp³-hybridized carbons (Fsp3) is 0.292. The van der Waals surface area contributed by atoms with Crippen molar-refractivity contribution in [3.05, 3.63) is 77.1 Å². The summed E-state index contributed by atoms with van der Waals surface area (Å²) in [4.78, 5) is 13.2. The van der Waals surface area contributed by atoms with Crippen LogP contribution in [-0.4, -0.2) is 25.1 Å². The molecule has 0 unspecified atom stereocenters. The molecule has 0 radical (unpaired) electrons. The maximum Gasteiger partial charge on any atom is 0.257 e. The molecule has 1 amide bonds. The molecule has 30 heavy (non-hydrogen) atoms. The fourth-order valence-electron chi connectivity index (χ4n) is 3.65. The lowest BCUT2D eigenvalue weighted by atomic mass is 9.85. The molecule has 0 spiro atoms. The monoisotopic (exact) mass is 424 g/mol. The minimum Gasteiger partial charge on any atom is -0.322 e. The summed E-state index contributed by atoms with van der Waals surface area (Å²) < 4.78 is 25.3. The molecule has 0 aliphatic heterocycles. The van der Waals surface area contributed by atoms with Crippen LogP contribution in [0.2, 0.25) is 0 Å². The third kappa shape index (κ3) is 4.33. The highest BCUT2D eigenvalue weighted by atomic mass is 32.2. The number of nitrogens with zero attached hydrogens (tertiary/aromatic N) is 1. The molecule has 0 fully saturated rings. The van der Waals surface area contributed by atoms with Gasteiger partial charge in [0.1, 0.15) is 0 Å². The van der Waals surface area contributed by atoms with E-state index in [9.17, 15) is 13.2 Å². The van der Waals surface area contributed by atoms with Crippen molar-refractivity contribution in [2.24, 2.45) is 0 Å². The molecular weight excluding hydrogens is 396 g/mol. The summed E-state index contributed by atoms with van der Waals surface area (Å²) in [5, 5.41) is 2.87. The Balaban J connectivity index is 1.96. The molecule has 0 aliphatic carbocycles. The van der Waals surface area contributed by atoms with Crippen LogP contribution in [0.1, 0.15) is 48.1 Å². The molecule has 0 saturated heterocycles. The largest absolute Gasteiger partial charge is 0.322 e. The highest BCUT2D eigenvalue weighted by Gasteiger charge is 2.22. The van der Waals surface area contributed by atoms with Crippen molar-refractivity contribution in [3.63, 3.8) is 0 Å². The molecule has 0 bridgehead atoms. The normalized spacial score (nSPS) is 12.1. The number of hydrogen-bond acceptors (Lipinski definition) is 3. The SMILES string of the molecule is Cc1cc(C(=O)Nc2ccc(S(C)(=O)=O)cc2)c(C)n1-c1ccccc1C(C)(C)C. The van der Waals surface area contributed by atoms with Gasteiger partial charge in [-0.1, -0.05) is 39.0 Å². The predicted octanol–water partition coefficient (Wildman–Crippen LogP) is 5.05. The maximum atomic E-state index is 13.0. The minimum atomic E-state index is -3.27. The van der Waals surface area contributed by atoms with Crippen LogP contribution in [0.4, 0.5) is 5.69 Å². The maximum absolute atomic E-state index is 13.0. The molecule has 2 aromatic carbocycles. The number of carbonyl (C=O) groups is 1. The number of nitrogens with one attached hydrogen (secondary N) is 1. The highest BCUT2D eigenvalue weighted by molar-refractivity contribution is 7.90. The number of benzene rings is 2. The van der Waals surface area contributed by atoms with Gasteiger partial charge in [0.25, 0.3) is 5.91 Å². The van der Waals surface area contributed by atoms with Crippen LogP contribution in [0.5, 0.6) is 0 Å². The summed E-state index contributed by atoms with van der Waals surface area (Å²) >= 11 is 0. The van der Waals surface area contributed by atoms with Gasteiger partial charge < -0.3 is 9.88 Å². The molecule has 1 aromatic heterocycles. The molecule has 0 atom stereocenters. The number of aromatic nitrogens is 1. The standard InChI is InChI=1S/C24H28N2O3S/c1-16-15-20(23(27)25-18-11-13-19(14-12-18)30(6,28)29)17(2)26(16)22-10-8-7-9-21(22)24(3,4)5/h7-15H,1-6H3,(H,25,27). The Labute approximate surface area is 178 Å². The second kappa shape index (κ2) is 7.76. The molecule has 0 saturated carbocycles. The Morgan fingerprint density at radius 1 is 0.967 bits per heavy atom. The summed E-state index contributed by atoms with van der Waals surface area (Å²) in [6.45, 7) is 10.5. The zero-order valence-electron chi connectivity index (χ0n) is 18.3. The lowest BCUT2D eigenvalue weighted by Gasteiger charge is -2.24. The van der Waals surface area contributed by atoms with Gasteiger partial charge in [-0.3, -0.25) is 4.79 Å². The van der Waals surface area contributed by atoms with Crippen LogP contribution in [0.3, 0.4) is 0 Å². The second-order valence-electron chi connectivity index (χ2n) is 8.64. The first-order valence-electron chi connectivity index (χ1n) is 9.80. The van der Waals surface area contributed by atoms with E-state index >= 15 is 0 Å². The van der Waals surface area contributed by atoms with Gasteiger partial charge in [-0.2, -0.15) is 0 Å². The van der Waals surface area contributed by atoms with E-state index in [4.69, 9.17) is 0 Å². The van der Waals surface area contributed by atoms with E-state index in [0.29, 0.717) is 11.3 Å². The Hall–Kier alpha value is -2.86. The van der Waals surface area contributed by atoms with E-state index < -0.39 is 9.84 Å². The van der Waals surface area contributed by atoms with E-state index in [1.165, 1.54) is 17.7 Å². The smallest absolute Gasteiger partial charge is 0.257 e. The summed E-state index contributed by atoms with van der Waals surface area (Å²) in [5.74, 6) is -0.227. The zero-order valence-corrected chi connectivity index (χ0v) is 19.1. The van der Waals surface area contributed by atoms with Gasteiger partial charge in [0, 0.05) is 29.0 Å². The Morgan fingerprint density at radius 3 is 2.13 bits per heavy atom. The number of para-hydroxylation sites is 1. The van der Waals surface area contributed by atoms with Crippen LogP contribution < -0.4 is 5.32 Å². The van der Waals surface area contributed by atoms with E-state index in [1.54, 1.807) is 12.1 Å². The van der Waals surface area contributed by atoms with Crippen LogP contribution in [0.15, 0.2) is 59.5 Å². The van der Waals surface area contributed by atoms with Crippen LogP contribution in [-0.2, 0) is 15.3 Å². The van der Waals surface area contributed by atoms with Gasteiger partial charge in [0.2, 0.25) is 0 Å². The first-order chi connectivity index (χ1) is 13.9. The molecule has 6 heteroatoms. The molecule has 3 rings (SSSR count). The molecular formula is C24H28N2O3S. The molecule has 3 aromatic rings. The second-order valence-corrected chi connectivity index (χ2v) is 10.7. The number of rotatable bonds is 4. The molecule has 0 aliphatic rings. The van der Waals surface area contributed by atoms with Crippen molar-refractivity contribution in [1.82, 2.24) is 4.57 Å². The molecule has 158 valence electrons. The highest BCUT2D eigenvalue weighted by Crippen LogP contribution is 2.31. The van der Waals surface area contributed by atoms with Crippen molar-refractivity contribution in [2.45, 2.75) is 44.9 Å². The number of aryl methyl sites for hydroxylation is 1. The van der Waals surface area contributed by atoms with Gasteiger partial charge in [0.05, 0.1) is 10.5 Å². The van der Waals surface area contributed by atoms with Crippen molar-refractivity contribution in [1.29, 1.82) is 0 Å². The van der Waals surface area contributed by atoms with Crippen molar-refractivity contribution >= 4 is 21.4 Å². The Kier molecular flexibility index (Phi) is 5.65. The number of sulfone groups is 1. The van der Waals surface area contributed by atoms with Crippen molar-refractivity contribution < 1.29 is 13.2 Å². The van der Waals surface area contributed by atoms with Crippen LogP contribution >= 0.6 is 0 Å². The van der Waals surface area contributed by atoms with E-state index in [-0.39, 0.29) is 16.2 Å². The van der Waals surface area contributed by atoms with Gasteiger partial charge >= 0.3 is 0 Å². The average molecular weight is 425 g/mol. The Morgan fingerprint density at radius 2 is 1.57 bits per heavy atom. The summed E-state index contributed by atoms with van der Waals surface area (Å²) in [6, 6.07) is 16.3. The van der Waals surface area contributed by atoms with Gasteiger partial charge in [0.15, 0.2) is 9.84 Å². The Bertz CT molecular complexity index is 1200. The third-order valence-corrected chi connectivity index (χ3v) is 6.30. The topological polar surface area (TPSA) is 68.2 Å². The van der Waals surface area contributed by atoms with Crippen LogP contribution in [0.25, 0.3) is 5.69 Å². The van der Waals surface area contributed by atoms with Gasteiger partial charge in [-0.25, -0.2) is 8.42 Å². The number of anilines is 1.